The van der Waals surface area contributed by atoms with Gasteiger partial charge in [-0.2, -0.15) is 0 Å². The van der Waals surface area contributed by atoms with Gasteiger partial charge in [0, 0.05) is 23.2 Å². The highest BCUT2D eigenvalue weighted by atomic mass is 16.1. The molecule has 0 amide bonds. The van der Waals surface area contributed by atoms with Crippen LogP contribution in [0.1, 0.15) is 16.7 Å². The summed E-state index contributed by atoms with van der Waals surface area (Å²) in [6, 6.07) is 12.1. The SMILES string of the molecule is Cc1cnc2[nH]c3c(=O)n(Cc4ccccc4)cc(C)c3c2c1. The summed E-state index contributed by atoms with van der Waals surface area (Å²) in [6.45, 7) is 4.62. The highest BCUT2D eigenvalue weighted by Crippen LogP contribution is 2.25. The minimum atomic E-state index is -0.00916. The fraction of sp³-hybridized carbons (Fsp3) is 0.158. The van der Waals surface area contributed by atoms with Crippen LogP contribution in [0.4, 0.5) is 0 Å². The number of fused-ring (bicyclic) bond motifs is 3. The van der Waals surface area contributed by atoms with Crippen LogP contribution >= 0.6 is 0 Å². The first-order valence-corrected chi connectivity index (χ1v) is 7.65. The van der Waals surface area contributed by atoms with Gasteiger partial charge in [0.25, 0.3) is 5.56 Å². The second-order valence-electron chi connectivity index (χ2n) is 6.01. The summed E-state index contributed by atoms with van der Waals surface area (Å²) in [5.41, 5.74) is 4.67. The first-order valence-electron chi connectivity index (χ1n) is 7.65. The zero-order valence-corrected chi connectivity index (χ0v) is 13.1. The van der Waals surface area contributed by atoms with E-state index in [0.29, 0.717) is 12.1 Å². The first-order chi connectivity index (χ1) is 11.1. The molecule has 4 nitrogen and oxygen atoms in total. The zero-order valence-electron chi connectivity index (χ0n) is 13.1. The second kappa shape index (κ2) is 5.09. The second-order valence-corrected chi connectivity index (χ2v) is 6.01. The van der Waals surface area contributed by atoms with Crippen LogP contribution in [0, 0.1) is 13.8 Å². The van der Waals surface area contributed by atoms with Crippen molar-refractivity contribution >= 4 is 21.9 Å². The number of aryl methyl sites for hydroxylation is 2. The number of aromatic amines is 1. The van der Waals surface area contributed by atoms with Crippen LogP contribution in [-0.4, -0.2) is 14.5 Å². The maximum Gasteiger partial charge on any atom is 0.275 e. The molecule has 4 rings (SSSR count). The van der Waals surface area contributed by atoms with Crippen molar-refractivity contribution in [2.45, 2.75) is 20.4 Å². The van der Waals surface area contributed by atoms with Crippen molar-refractivity contribution in [1.29, 1.82) is 0 Å². The molecule has 3 aromatic heterocycles. The molecule has 4 aromatic rings. The Hall–Kier alpha value is -2.88. The number of rotatable bonds is 2. The molecule has 0 radical (unpaired) electrons. The average Bonchev–Trinajstić information content (AvgIpc) is 2.92. The van der Waals surface area contributed by atoms with Gasteiger partial charge in [0.2, 0.25) is 0 Å². The average molecular weight is 303 g/mol. The number of H-pyrrole nitrogens is 1. The van der Waals surface area contributed by atoms with Gasteiger partial charge in [-0.05, 0) is 36.6 Å². The molecule has 0 aliphatic heterocycles. The molecule has 0 atom stereocenters. The number of pyridine rings is 2. The van der Waals surface area contributed by atoms with Gasteiger partial charge in [0.15, 0.2) is 0 Å². The topological polar surface area (TPSA) is 50.7 Å². The Labute approximate surface area is 133 Å². The van der Waals surface area contributed by atoms with E-state index in [1.807, 2.05) is 56.6 Å². The van der Waals surface area contributed by atoms with Gasteiger partial charge in [0.05, 0.1) is 6.54 Å². The van der Waals surface area contributed by atoms with Gasteiger partial charge < -0.3 is 9.55 Å². The molecular weight excluding hydrogens is 286 g/mol. The number of benzene rings is 1. The Morgan fingerprint density at radius 2 is 1.96 bits per heavy atom. The number of hydrogen-bond donors (Lipinski definition) is 1. The monoisotopic (exact) mass is 303 g/mol. The van der Waals surface area contributed by atoms with E-state index >= 15 is 0 Å². The molecule has 4 heteroatoms. The predicted molar refractivity (Wildman–Crippen MR) is 92.9 cm³/mol. The molecule has 1 aromatic carbocycles. The first kappa shape index (κ1) is 13.8. The Kier molecular flexibility index (Phi) is 3.05. The summed E-state index contributed by atoms with van der Waals surface area (Å²) in [5.74, 6) is 0. The Balaban J connectivity index is 1.97. The van der Waals surface area contributed by atoms with E-state index in [1.54, 1.807) is 4.57 Å². The molecule has 0 fully saturated rings. The van der Waals surface area contributed by atoms with E-state index in [2.05, 4.69) is 16.0 Å². The fourth-order valence-corrected chi connectivity index (χ4v) is 3.14. The summed E-state index contributed by atoms with van der Waals surface area (Å²) in [6.07, 6.45) is 3.75. The van der Waals surface area contributed by atoms with Crippen molar-refractivity contribution in [3.8, 4) is 0 Å². The standard InChI is InChI=1S/C19H17N3O/c1-12-8-15-16-13(2)10-22(11-14-6-4-3-5-7-14)19(23)17(16)21-18(15)20-9-12/h3-10H,11H2,1-2H3,(H,20,21). The van der Waals surface area contributed by atoms with Crippen LogP contribution in [0.15, 0.2) is 53.6 Å². The molecular formula is C19H17N3O. The lowest BCUT2D eigenvalue weighted by Crippen LogP contribution is -2.21. The molecule has 0 spiro atoms. The van der Waals surface area contributed by atoms with Gasteiger partial charge in [0.1, 0.15) is 11.2 Å². The van der Waals surface area contributed by atoms with Crippen LogP contribution in [-0.2, 0) is 6.54 Å². The summed E-state index contributed by atoms with van der Waals surface area (Å²) in [5, 5.41) is 1.99. The van der Waals surface area contributed by atoms with Crippen molar-refractivity contribution in [3.05, 3.63) is 75.8 Å². The third-order valence-electron chi connectivity index (χ3n) is 4.20. The fourth-order valence-electron chi connectivity index (χ4n) is 3.14. The summed E-state index contributed by atoms with van der Waals surface area (Å²) >= 11 is 0. The third kappa shape index (κ3) is 2.23. The molecule has 0 bridgehead atoms. The van der Waals surface area contributed by atoms with Crippen LogP contribution in [0.2, 0.25) is 0 Å². The van der Waals surface area contributed by atoms with E-state index < -0.39 is 0 Å². The van der Waals surface area contributed by atoms with Crippen molar-refractivity contribution in [2.24, 2.45) is 0 Å². The molecule has 1 N–H and O–H groups in total. The molecule has 0 saturated heterocycles. The summed E-state index contributed by atoms with van der Waals surface area (Å²) in [4.78, 5) is 20.4. The Bertz CT molecular complexity index is 1070. The maximum absolute atomic E-state index is 12.8. The summed E-state index contributed by atoms with van der Waals surface area (Å²) < 4.78 is 1.76. The van der Waals surface area contributed by atoms with E-state index in [9.17, 15) is 4.79 Å². The zero-order chi connectivity index (χ0) is 16.0. The minimum absolute atomic E-state index is 0.00916. The summed E-state index contributed by atoms with van der Waals surface area (Å²) in [7, 11) is 0. The van der Waals surface area contributed by atoms with Crippen molar-refractivity contribution < 1.29 is 0 Å². The highest BCUT2D eigenvalue weighted by molar-refractivity contribution is 6.07. The van der Waals surface area contributed by atoms with Gasteiger partial charge in [-0.1, -0.05) is 30.3 Å². The van der Waals surface area contributed by atoms with Gasteiger partial charge in [-0.15, -0.1) is 0 Å². The van der Waals surface area contributed by atoms with E-state index in [1.165, 1.54) is 0 Å². The molecule has 0 unspecified atom stereocenters. The molecule has 3 heterocycles. The molecule has 0 aliphatic rings. The lowest BCUT2D eigenvalue weighted by atomic mass is 10.1. The normalized spacial score (nSPS) is 11.4. The minimum Gasteiger partial charge on any atom is -0.335 e. The van der Waals surface area contributed by atoms with Gasteiger partial charge >= 0.3 is 0 Å². The predicted octanol–water partition coefficient (Wildman–Crippen LogP) is 3.54. The van der Waals surface area contributed by atoms with Crippen LogP contribution in [0.5, 0.6) is 0 Å². The highest BCUT2D eigenvalue weighted by Gasteiger charge is 2.13. The molecule has 0 aliphatic carbocycles. The lowest BCUT2D eigenvalue weighted by molar-refractivity contribution is 0.762. The van der Waals surface area contributed by atoms with Crippen LogP contribution < -0.4 is 5.56 Å². The van der Waals surface area contributed by atoms with Crippen molar-refractivity contribution in [1.82, 2.24) is 14.5 Å². The van der Waals surface area contributed by atoms with E-state index in [-0.39, 0.29) is 5.56 Å². The Morgan fingerprint density at radius 3 is 2.74 bits per heavy atom. The van der Waals surface area contributed by atoms with E-state index in [4.69, 9.17) is 0 Å². The van der Waals surface area contributed by atoms with Crippen LogP contribution in [0.25, 0.3) is 21.9 Å². The quantitative estimate of drug-likeness (QED) is 0.616. The van der Waals surface area contributed by atoms with Crippen molar-refractivity contribution in [2.75, 3.05) is 0 Å². The maximum atomic E-state index is 12.8. The number of nitrogens with zero attached hydrogens (tertiary/aromatic N) is 2. The number of aromatic nitrogens is 3. The smallest absolute Gasteiger partial charge is 0.275 e. The van der Waals surface area contributed by atoms with Gasteiger partial charge in [-0.3, -0.25) is 4.79 Å². The van der Waals surface area contributed by atoms with Gasteiger partial charge in [-0.25, -0.2) is 4.98 Å². The lowest BCUT2D eigenvalue weighted by Gasteiger charge is -2.08. The van der Waals surface area contributed by atoms with Crippen LogP contribution in [0.3, 0.4) is 0 Å². The molecule has 23 heavy (non-hydrogen) atoms. The molecule has 0 saturated carbocycles. The number of hydrogen-bond acceptors (Lipinski definition) is 2. The third-order valence-corrected chi connectivity index (χ3v) is 4.20. The van der Waals surface area contributed by atoms with Crippen molar-refractivity contribution in [3.63, 3.8) is 0 Å². The largest absolute Gasteiger partial charge is 0.335 e. The molecule has 114 valence electrons. The Morgan fingerprint density at radius 1 is 1.17 bits per heavy atom. The number of nitrogens with one attached hydrogen (secondary N) is 1. The van der Waals surface area contributed by atoms with E-state index in [0.717, 1.165) is 33.1 Å².